The van der Waals surface area contributed by atoms with Crippen LogP contribution in [0.2, 0.25) is 0 Å². The van der Waals surface area contributed by atoms with Crippen molar-refractivity contribution in [3.8, 4) is 5.75 Å². The fourth-order valence-corrected chi connectivity index (χ4v) is 2.84. The molecule has 0 aromatic heterocycles. The first-order valence-corrected chi connectivity index (χ1v) is 7.67. The number of aliphatic carboxylic acids is 1. The zero-order valence-electron chi connectivity index (χ0n) is 13.2. The Balaban J connectivity index is 1.81. The average Bonchev–Trinajstić information content (AvgIpc) is 2.46. The van der Waals surface area contributed by atoms with Gasteiger partial charge in [-0.05, 0) is 49.9 Å². The van der Waals surface area contributed by atoms with Crippen LogP contribution in [-0.2, 0) is 9.59 Å². The summed E-state index contributed by atoms with van der Waals surface area (Å²) in [6, 6.07) is 5.95. The van der Waals surface area contributed by atoms with E-state index in [0.29, 0.717) is 26.1 Å². The third kappa shape index (κ3) is 4.48. The van der Waals surface area contributed by atoms with Crippen molar-refractivity contribution in [2.75, 3.05) is 19.7 Å². The zero-order chi connectivity index (χ0) is 16.1. The molecule has 1 N–H and O–H groups in total. The second-order valence-corrected chi connectivity index (χ2v) is 5.94. The van der Waals surface area contributed by atoms with Gasteiger partial charge in [0.2, 0.25) is 5.91 Å². The molecule has 1 heterocycles. The number of rotatable bonds is 5. The van der Waals surface area contributed by atoms with Crippen LogP contribution in [0.1, 0.15) is 30.4 Å². The van der Waals surface area contributed by atoms with Crippen LogP contribution in [0.4, 0.5) is 0 Å². The van der Waals surface area contributed by atoms with Crippen molar-refractivity contribution in [1.29, 1.82) is 0 Å². The number of hydrogen-bond acceptors (Lipinski definition) is 3. The van der Waals surface area contributed by atoms with Gasteiger partial charge in [-0.1, -0.05) is 6.07 Å². The van der Waals surface area contributed by atoms with Gasteiger partial charge in [0.25, 0.3) is 0 Å². The molecule has 1 fully saturated rings. The Bertz CT molecular complexity index is 535. The molecule has 0 bridgehead atoms. The van der Waals surface area contributed by atoms with Gasteiger partial charge in [0.1, 0.15) is 5.75 Å². The van der Waals surface area contributed by atoms with Crippen LogP contribution in [0.5, 0.6) is 5.75 Å². The maximum absolute atomic E-state index is 12.1. The molecule has 1 atom stereocenters. The molecule has 120 valence electrons. The third-order valence-electron chi connectivity index (χ3n) is 3.90. The van der Waals surface area contributed by atoms with Crippen molar-refractivity contribution in [3.63, 3.8) is 0 Å². The van der Waals surface area contributed by atoms with Crippen LogP contribution in [0.25, 0.3) is 0 Å². The number of piperidine rings is 1. The lowest BCUT2D eigenvalue weighted by Gasteiger charge is -2.30. The predicted octanol–water partition coefficient (Wildman–Crippen LogP) is 2.40. The van der Waals surface area contributed by atoms with Crippen molar-refractivity contribution < 1.29 is 19.4 Å². The second-order valence-electron chi connectivity index (χ2n) is 5.94. The number of carboxylic acids is 1. The second kappa shape index (κ2) is 7.29. The summed E-state index contributed by atoms with van der Waals surface area (Å²) in [5.41, 5.74) is 2.25. The van der Waals surface area contributed by atoms with Crippen molar-refractivity contribution >= 4 is 11.9 Å². The fourth-order valence-electron chi connectivity index (χ4n) is 2.84. The van der Waals surface area contributed by atoms with E-state index in [1.165, 1.54) is 0 Å². The molecule has 0 spiro atoms. The largest absolute Gasteiger partial charge is 0.493 e. The lowest BCUT2D eigenvalue weighted by molar-refractivity contribution is -0.145. The molecule has 1 saturated heterocycles. The molecule has 22 heavy (non-hydrogen) atoms. The Hall–Kier alpha value is -2.04. The van der Waals surface area contributed by atoms with Crippen molar-refractivity contribution in [3.05, 3.63) is 29.3 Å². The highest BCUT2D eigenvalue weighted by atomic mass is 16.5. The van der Waals surface area contributed by atoms with E-state index in [2.05, 4.69) is 6.07 Å². The maximum atomic E-state index is 12.1. The van der Waals surface area contributed by atoms with E-state index in [1.807, 2.05) is 26.0 Å². The maximum Gasteiger partial charge on any atom is 0.308 e. The SMILES string of the molecule is Cc1cc(C)cc(OCCC(=O)N2CCC[C@H](C(=O)O)C2)c1. The van der Waals surface area contributed by atoms with Gasteiger partial charge in [0.05, 0.1) is 18.9 Å². The van der Waals surface area contributed by atoms with Crippen LogP contribution in [0.3, 0.4) is 0 Å². The molecule has 1 aliphatic heterocycles. The summed E-state index contributed by atoms with van der Waals surface area (Å²) >= 11 is 0. The van der Waals surface area contributed by atoms with E-state index in [1.54, 1.807) is 4.90 Å². The number of amides is 1. The molecule has 0 aliphatic carbocycles. The van der Waals surface area contributed by atoms with Crippen LogP contribution in [0, 0.1) is 19.8 Å². The van der Waals surface area contributed by atoms with E-state index in [-0.39, 0.29) is 12.3 Å². The third-order valence-corrected chi connectivity index (χ3v) is 3.90. The Morgan fingerprint density at radius 3 is 2.59 bits per heavy atom. The minimum atomic E-state index is -0.816. The molecule has 1 aromatic rings. The smallest absolute Gasteiger partial charge is 0.308 e. The van der Waals surface area contributed by atoms with Crippen molar-refractivity contribution in [1.82, 2.24) is 4.90 Å². The van der Waals surface area contributed by atoms with Crippen LogP contribution >= 0.6 is 0 Å². The fraction of sp³-hybridized carbons (Fsp3) is 0.529. The van der Waals surface area contributed by atoms with Gasteiger partial charge in [-0.2, -0.15) is 0 Å². The molecule has 2 rings (SSSR count). The van der Waals surface area contributed by atoms with E-state index in [0.717, 1.165) is 23.3 Å². The van der Waals surface area contributed by atoms with Crippen LogP contribution in [-0.4, -0.2) is 41.6 Å². The lowest BCUT2D eigenvalue weighted by atomic mass is 9.98. The Morgan fingerprint density at radius 2 is 1.95 bits per heavy atom. The van der Waals surface area contributed by atoms with Crippen LogP contribution in [0.15, 0.2) is 18.2 Å². The Kier molecular flexibility index (Phi) is 5.41. The van der Waals surface area contributed by atoms with Gasteiger partial charge >= 0.3 is 5.97 Å². The number of nitrogens with zero attached hydrogens (tertiary/aromatic N) is 1. The number of carbonyl (C=O) groups is 2. The minimum absolute atomic E-state index is 0.0321. The molecule has 5 heteroatoms. The molecule has 1 aliphatic rings. The number of carboxylic acid groups (broad SMARTS) is 1. The number of likely N-dealkylation sites (tertiary alicyclic amines) is 1. The summed E-state index contributed by atoms with van der Waals surface area (Å²) in [5, 5.41) is 9.05. The number of hydrogen-bond donors (Lipinski definition) is 1. The normalized spacial score (nSPS) is 18.1. The molecule has 5 nitrogen and oxygen atoms in total. The molecule has 1 aromatic carbocycles. The van der Waals surface area contributed by atoms with Crippen LogP contribution < -0.4 is 4.74 Å². The first-order valence-electron chi connectivity index (χ1n) is 7.67. The highest BCUT2D eigenvalue weighted by Gasteiger charge is 2.27. The van der Waals surface area contributed by atoms with E-state index >= 15 is 0 Å². The van der Waals surface area contributed by atoms with Gasteiger partial charge in [0.15, 0.2) is 0 Å². The molecule has 0 saturated carbocycles. The quantitative estimate of drug-likeness (QED) is 0.907. The number of carbonyl (C=O) groups excluding carboxylic acids is 1. The predicted molar refractivity (Wildman–Crippen MR) is 83.0 cm³/mol. The van der Waals surface area contributed by atoms with Crippen molar-refractivity contribution in [2.45, 2.75) is 33.1 Å². The first-order chi connectivity index (χ1) is 10.5. The van der Waals surface area contributed by atoms with Gasteiger partial charge < -0.3 is 14.7 Å². The van der Waals surface area contributed by atoms with Gasteiger partial charge in [0, 0.05) is 13.1 Å². The Labute approximate surface area is 130 Å². The number of aryl methyl sites for hydroxylation is 2. The van der Waals surface area contributed by atoms with E-state index < -0.39 is 11.9 Å². The average molecular weight is 305 g/mol. The highest BCUT2D eigenvalue weighted by Crippen LogP contribution is 2.18. The molecule has 0 unspecified atom stereocenters. The molecular formula is C17H23NO4. The molecule has 1 amide bonds. The molecular weight excluding hydrogens is 282 g/mol. The van der Waals surface area contributed by atoms with Crippen molar-refractivity contribution in [2.24, 2.45) is 5.92 Å². The minimum Gasteiger partial charge on any atom is -0.493 e. The van der Waals surface area contributed by atoms with Gasteiger partial charge in [-0.15, -0.1) is 0 Å². The zero-order valence-corrected chi connectivity index (χ0v) is 13.2. The van der Waals surface area contributed by atoms with E-state index in [9.17, 15) is 9.59 Å². The van der Waals surface area contributed by atoms with Gasteiger partial charge in [-0.3, -0.25) is 9.59 Å². The first kappa shape index (κ1) is 16.3. The summed E-state index contributed by atoms with van der Waals surface area (Å²) in [7, 11) is 0. The molecule has 0 radical (unpaired) electrons. The van der Waals surface area contributed by atoms with Gasteiger partial charge in [-0.25, -0.2) is 0 Å². The summed E-state index contributed by atoms with van der Waals surface area (Å²) < 4.78 is 5.64. The summed E-state index contributed by atoms with van der Waals surface area (Å²) in [4.78, 5) is 24.8. The summed E-state index contributed by atoms with van der Waals surface area (Å²) in [5.74, 6) is -0.510. The Morgan fingerprint density at radius 1 is 1.27 bits per heavy atom. The summed E-state index contributed by atoms with van der Waals surface area (Å²) in [6.45, 7) is 5.29. The number of benzene rings is 1. The monoisotopic (exact) mass is 305 g/mol. The summed E-state index contributed by atoms with van der Waals surface area (Å²) in [6.07, 6.45) is 1.68. The lowest BCUT2D eigenvalue weighted by Crippen LogP contribution is -2.42. The topological polar surface area (TPSA) is 66.8 Å². The number of ether oxygens (including phenoxy) is 1. The van der Waals surface area contributed by atoms with E-state index in [4.69, 9.17) is 9.84 Å². The standard InChI is InChI=1S/C17H23NO4/c1-12-8-13(2)10-15(9-12)22-7-5-16(19)18-6-3-4-14(11-18)17(20)21/h8-10,14H,3-7,11H2,1-2H3,(H,20,21)/t14-/m0/s1. The highest BCUT2D eigenvalue weighted by molar-refractivity contribution is 5.78.